The molecule has 0 heterocycles. The predicted molar refractivity (Wildman–Crippen MR) is 73.1 cm³/mol. The smallest absolute Gasteiger partial charge is 0.314 e. The number of hydrogen-bond donors (Lipinski definition) is 3. The van der Waals surface area contributed by atoms with Crippen molar-refractivity contribution in [1.82, 2.24) is 10.6 Å². The number of hydrogen-bond acceptors (Lipinski definition) is 3. The molecule has 0 aliphatic rings. The van der Waals surface area contributed by atoms with Gasteiger partial charge >= 0.3 is 12.0 Å². The van der Waals surface area contributed by atoms with Crippen LogP contribution in [0.2, 0.25) is 0 Å². The molecule has 0 saturated carbocycles. The summed E-state index contributed by atoms with van der Waals surface area (Å²) < 4.78 is 4.92. The van der Waals surface area contributed by atoms with Crippen LogP contribution in [-0.4, -0.2) is 43.9 Å². The molecule has 0 aromatic heterocycles. The summed E-state index contributed by atoms with van der Waals surface area (Å²) >= 11 is 0. The van der Waals surface area contributed by atoms with Crippen LogP contribution in [0.5, 0.6) is 0 Å². The van der Waals surface area contributed by atoms with Crippen molar-refractivity contribution in [3.05, 3.63) is 0 Å². The highest BCUT2D eigenvalue weighted by Crippen LogP contribution is 2.09. The number of unbranched alkanes of at least 4 members (excludes halogenated alkanes) is 2. The van der Waals surface area contributed by atoms with E-state index < -0.39 is 11.9 Å². The zero-order chi connectivity index (χ0) is 14.7. The van der Waals surface area contributed by atoms with Gasteiger partial charge in [-0.2, -0.15) is 0 Å². The molecule has 112 valence electrons. The van der Waals surface area contributed by atoms with E-state index in [1.54, 1.807) is 7.11 Å². The minimum atomic E-state index is -0.880. The van der Waals surface area contributed by atoms with Gasteiger partial charge in [-0.1, -0.05) is 13.8 Å². The summed E-state index contributed by atoms with van der Waals surface area (Å²) in [6.45, 7) is 5.14. The Bertz CT molecular complexity index is 269. The highest BCUT2D eigenvalue weighted by Gasteiger charge is 2.21. The Morgan fingerprint density at radius 1 is 1.16 bits per heavy atom. The van der Waals surface area contributed by atoms with Gasteiger partial charge in [0.1, 0.15) is 0 Å². The van der Waals surface area contributed by atoms with Crippen molar-refractivity contribution < 1.29 is 19.4 Å². The third-order valence-electron chi connectivity index (χ3n) is 2.92. The first-order valence-corrected chi connectivity index (χ1v) is 6.72. The number of amides is 2. The maximum absolute atomic E-state index is 11.4. The molecule has 0 aromatic carbocycles. The molecule has 0 bridgehead atoms. The minimum Gasteiger partial charge on any atom is -0.481 e. The molecule has 3 N–H and O–H groups in total. The van der Waals surface area contributed by atoms with E-state index in [4.69, 9.17) is 9.84 Å². The first-order valence-electron chi connectivity index (χ1n) is 6.72. The van der Waals surface area contributed by atoms with Crippen molar-refractivity contribution in [2.75, 3.05) is 26.8 Å². The Morgan fingerprint density at radius 3 is 2.37 bits per heavy atom. The first kappa shape index (κ1) is 17.7. The monoisotopic (exact) mass is 274 g/mol. The van der Waals surface area contributed by atoms with Crippen molar-refractivity contribution in [2.24, 2.45) is 11.8 Å². The highest BCUT2D eigenvalue weighted by atomic mass is 16.5. The van der Waals surface area contributed by atoms with Crippen LogP contribution in [0.1, 0.15) is 33.1 Å². The largest absolute Gasteiger partial charge is 0.481 e. The second-order valence-electron chi connectivity index (χ2n) is 4.88. The number of nitrogens with one attached hydrogen (secondary N) is 2. The van der Waals surface area contributed by atoms with Gasteiger partial charge in [-0.15, -0.1) is 0 Å². The van der Waals surface area contributed by atoms with Crippen LogP contribution in [0, 0.1) is 11.8 Å². The second kappa shape index (κ2) is 10.6. The summed E-state index contributed by atoms with van der Waals surface area (Å²) in [5, 5.41) is 14.3. The third-order valence-corrected chi connectivity index (χ3v) is 2.92. The molecule has 19 heavy (non-hydrogen) atoms. The standard InChI is InChI=1S/C13H26N2O4/c1-10(2)11(12(16)17)9-15-13(18)14-7-5-4-6-8-19-3/h10-11H,4-9H2,1-3H3,(H,16,17)(H2,14,15,18). The van der Waals surface area contributed by atoms with Crippen LogP contribution in [0.25, 0.3) is 0 Å². The Kier molecular flexibility index (Phi) is 9.88. The topological polar surface area (TPSA) is 87.7 Å². The van der Waals surface area contributed by atoms with E-state index in [0.29, 0.717) is 6.54 Å². The van der Waals surface area contributed by atoms with Gasteiger partial charge in [-0.25, -0.2) is 4.79 Å². The van der Waals surface area contributed by atoms with Crippen molar-refractivity contribution in [2.45, 2.75) is 33.1 Å². The fourth-order valence-electron chi connectivity index (χ4n) is 1.62. The normalized spacial score (nSPS) is 12.2. The van der Waals surface area contributed by atoms with E-state index in [9.17, 15) is 9.59 Å². The van der Waals surface area contributed by atoms with E-state index in [-0.39, 0.29) is 18.5 Å². The van der Waals surface area contributed by atoms with Gasteiger partial charge in [0, 0.05) is 26.8 Å². The zero-order valence-electron chi connectivity index (χ0n) is 12.1. The van der Waals surface area contributed by atoms with Crippen LogP contribution in [-0.2, 0) is 9.53 Å². The van der Waals surface area contributed by atoms with Crippen molar-refractivity contribution in [1.29, 1.82) is 0 Å². The van der Waals surface area contributed by atoms with Crippen LogP contribution in [0.15, 0.2) is 0 Å². The summed E-state index contributed by atoms with van der Waals surface area (Å²) in [5.74, 6) is -1.44. The number of carboxylic acids is 1. The molecule has 0 aliphatic carbocycles. The molecule has 0 fully saturated rings. The summed E-state index contributed by atoms with van der Waals surface area (Å²) in [5.41, 5.74) is 0. The van der Waals surface area contributed by atoms with E-state index in [1.807, 2.05) is 13.8 Å². The Morgan fingerprint density at radius 2 is 1.84 bits per heavy atom. The fraction of sp³-hybridized carbons (Fsp3) is 0.846. The van der Waals surface area contributed by atoms with Crippen molar-refractivity contribution in [3.63, 3.8) is 0 Å². The van der Waals surface area contributed by atoms with Gasteiger partial charge in [0.05, 0.1) is 5.92 Å². The summed E-state index contributed by atoms with van der Waals surface area (Å²) in [6.07, 6.45) is 2.87. The molecule has 0 rings (SSSR count). The number of carbonyl (C=O) groups excluding carboxylic acids is 1. The van der Waals surface area contributed by atoms with Crippen molar-refractivity contribution in [3.8, 4) is 0 Å². The van der Waals surface area contributed by atoms with E-state index >= 15 is 0 Å². The molecule has 6 heteroatoms. The molecule has 0 aromatic rings. The highest BCUT2D eigenvalue weighted by molar-refractivity contribution is 5.75. The maximum atomic E-state index is 11.4. The van der Waals surface area contributed by atoms with E-state index in [2.05, 4.69) is 10.6 Å². The minimum absolute atomic E-state index is 0.00755. The Balaban J connectivity index is 3.66. The third kappa shape index (κ3) is 9.30. The predicted octanol–water partition coefficient (Wildman–Crippen LogP) is 1.46. The van der Waals surface area contributed by atoms with Crippen molar-refractivity contribution >= 4 is 12.0 Å². The van der Waals surface area contributed by atoms with E-state index in [0.717, 1.165) is 25.9 Å². The molecule has 1 atom stereocenters. The van der Waals surface area contributed by atoms with Gasteiger partial charge in [-0.3, -0.25) is 4.79 Å². The Hall–Kier alpha value is -1.30. The fourth-order valence-corrected chi connectivity index (χ4v) is 1.62. The SMILES string of the molecule is COCCCCCNC(=O)NCC(C(=O)O)C(C)C. The zero-order valence-corrected chi connectivity index (χ0v) is 12.1. The summed E-state index contributed by atoms with van der Waals surface area (Å²) in [7, 11) is 1.67. The van der Waals surface area contributed by atoms with Gasteiger partial charge in [0.15, 0.2) is 0 Å². The number of methoxy groups -OCH3 is 1. The van der Waals surface area contributed by atoms with Gasteiger partial charge in [-0.05, 0) is 25.2 Å². The lowest BCUT2D eigenvalue weighted by Gasteiger charge is -2.16. The molecule has 2 amide bonds. The Labute approximate surface area is 114 Å². The molecular formula is C13H26N2O4. The maximum Gasteiger partial charge on any atom is 0.314 e. The lowest BCUT2D eigenvalue weighted by atomic mass is 9.96. The quantitative estimate of drug-likeness (QED) is 0.526. The van der Waals surface area contributed by atoms with Gasteiger partial charge < -0.3 is 20.5 Å². The molecule has 0 saturated heterocycles. The van der Waals surface area contributed by atoms with Gasteiger partial charge in [0.25, 0.3) is 0 Å². The number of carboxylic acid groups (broad SMARTS) is 1. The van der Waals surface area contributed by atoms with Crippen LogP contribution < -0.4 is 10.6 Å². The second-order valence-corrected chi connectivity index (χ2v) is 4.88. The number of carbonyl (C=O) groups is 2. The summed E-state index contributed by atoms with van der Waals surface area (Å²) in [4.78, 5) is 22.4. The lowest BCUT2D eigenvalue weighted by molar-refractivity contribution is -0.142. The molecule has 1 unspecified atom stereocenters. The first-order chi connectivity index (χ1) is 8.99. The van der Waals surface area contributed by atoms with Crippen LogP contribution in [0.4, 0.5) is 4.79 Å². The molecule has 6 nitrogen and oxygen atoms in total. The number of aliphatic carboxylic acids is 1. The molecular weight excluding hydrogens is 248 g/mol. The number of rotatable bonds is 10. The van der Waals surface area contributed by atoms with Crippen LogP contribution in [0.3, 0.4) is 0 Å². The van der Waals surface area contributed by atoms with Crippen LogP contribution >= 0.6 is 0 Å². The average Bonchev–Trinajstić information content (AvgIpc) is 2.33. The number of urea groups is 1. The molecule has 0 spiro atoms. The lowest BCUT2D eigenvalue weighted by Crippen LogP contribution is -2.41. The molecule has 0 aliphatic heterocycles. The van der Waals surface area contributed by atoms with Gasteiger partial charge in [0.2, 0.25) is 0 Å². The number of ether oxygens (including phenoxy) is 1. The summed E-state index contributed by atoms with van der Waals surface area (Å²) in [6, 6.07) is -0.307. The molecule has 0 radical (unpaired) electrons. The average molecular weight is 274 g/mol. The van der Waals surface area contributed by atoms with E-state index in [1.165, 1.54) is 0 Å².